The summed E-state index contributed by atoms with van der Waals surface area (Å²) in [4.78, 5) is 23.7. The van der Waals surface area contributed by atoms with E-state index in [0.717, 1.165) is 23.2 Å². The average Bonchev–Trinajstić information content (AvgIpc) is 3.50. The van der Waals surface area contributed by atoms with Crippen molar-refractivity contribution in [2.24, 2.45) is 0 Å². The Balaban J connectivity index is 1.57. The first-order valence-corrected chi connectivity index (χ1v) is 11.5. The van der Waals surface area contributed by atoms with E-state index in [4.69, 9.17) is 21.1 Å². The van der Waals surface area contributed by atoms with Crippen LogP contribution in [0, 0.1) is 0 Å². The highest BCUT2D eigenvalue weighted by Gasteiger charge is 2.18. The van der Waals surface area contributed by atoms with Gasteiger partial charge < -0.3 is 14.0 Å². The quantitative estimate of drug-likeness (QED) is 0.303. The number of carbonyl (C=O) groups excluding carboxylic acids is 1. The number of benzene rings is 2. The van der Waals surface area contributed by atoms with Crippen molar-refractivity contribution in [3.63, 3.8) is 0 Å². The van der Waals surface area contributed by atoms with Gasteiger partial charge in [0.25, 0.3) is 5.91 Å². The average molecular weight is 483 g/mol. The Morgan fingerprint density at radius 2 is 2.06 bits per heavy atom. The molecule has 0 unspecified atom stereocenters. The number of aryl methyl sites for hydroxylation is 1. The summed E-state index contributed by atoms with van der Waals surface area (Å²) < 4.78 is 13.6. The van der Waals surface area contributed by atoms with Gasteiger partial charge in [0.15, 0.2) is 16.6 Å². The van der Waals surface area contributed by atoms with Gasteiger partial charge in [0.2, 0.25) is 0 Å². The maximum atomic E-state index is 13.2. The van der Waals surface area contributed by atoms with Crippen LogP contribution in [0.3, 0.4) is 0 Å². The smallest absolute Gasteiger partial charge is 0.252 e. The van der Waals surface area contributed by atoms with Crippen LogP contribution in [-0.4, -0.2) is 41.2 Å². The Labute approximate surface area is 200 Å². The van der Waals surface area contributed by atoms with Gasteiger partial charge in [-0.2, -0.15) is 0 Å². The summed E-state index contributed by atoms with van der Waals surface area (Å²) in [5, 5.41) is 1.19. The number of ether oxygens (including phenoxy) is 2. The predicted octanol–water partition coefficient (Wildman–Crippen LogP) is 5.30. The Kier molecular flexibility index (Phi) is 7.26. The van der Waals surface area contributed by atoms with Crippen LogP contribution in [0.5, 0.6) is 11.5 Å². The fourth-order valence-electron chi connectivity index (χ4n) is 3.36. The largest absolute Gasteiger partial charge is 0.493 e. The molecule has 0 saturated carbocycles. The zero-order chi connectivity index (χ0) is 23.2. The first-order valence-electron chi connectivity index (χ1n) is 10.3. The van der Waals surface area contributed by atoms with Crippen LogP contribution in [-0.2, 0) is 11.3 Å². The van der Waals surface area contributed by atoms with Crippen molar-refractivity contribution in [2.75, 3.05) is 25.7 Å². The number of methoxy groups -OCH3 is 2. The van der Waals surface area contributed by atoms with Crippen LogP contribution in [0.2, 0.25) is 5.02 Å². The fourth-order valence-corrected chi connectivity index (χ4v) is 4.66. The molecule has 170 valence electrons. The molecule has 33 heavy (non-hydrogen) atoms. The topological polar surface area (TPSA) is 69.5 Å². The molecule has 4 rings (SSSR count). The number of rotatable bonds is 9. The number of halogens is 1. The number of anilines is 1. The Morgan fingerprint density at radius 3 is 2.79 bits per heavy atom. The molecule has 0 spiro atoms. The molecule has 0 radical (unpaired) electrons. The third-order valence-corrected chi connectivity index (χ3v) is 6.39. The number of hydrogen-bond acceptors (Lipinski definition) is 6. The van der Waals surface area contributed by atoms with Crippen molar-refractivity contribution < 1.29 is 14.3 Å². The van der Waals surface area contributed by atoms with E-state index in [2.05, 4.69) is 9.97 Å². The SMILES string of the molecule is COc1ccc(/C=C/C(=O)N(CCCn2ccnc2)c2nc3c(Cl)cccc3s2)cc1OC. The third-order valence-electron chi connectivity index (χ3n) is 5.04. The van der Waals surface area contributed by atoms with E-state index in [1.54, 1.807) is 55.9 Å². The summed E-state index contributed by atoms with van der Waals surface area (Å²) in [6, 6.07) is 11.1. The van der Waals surface area contributed by atoms with Crippen molar-refractivity contribution >= 4 is 50.3 Å². The number of fused-ring (bicyclic) bond motifs is 1. The van der Waals surface area contributed by atoms with Crippen LogP contribution < -0.4 is 14.4 Å². The van der Waals surface area contributed by atoms with E-state index in [0.29, 0.717) is 33.7 Å². The molecule has 0 fully saturated rings. The van der Waals surface area contributed by atoms with Crippen molar-refractivity contribution in [2.45, 2.75) is 13.0 Å². The maximum Gasteiger partial charge on any atom is 0.252 e. The molecule has 1 amide bonds. The monoisotopic (exact) mass is 482 g/mol. The molecule has 7 nitrogen and oxygen atoms in total. The Bertz CT molecular complexity index is 1270. The normalized spacial score (nSPS) is 11.2. The second kappa shape index (κ2) is 10.5. The fraction of sp³-hybridized carbons (Fsp3) is 0.208. The summed E-state index contributed by atoms with van der Waals surface area (Å²) in [7, 11) is 3.17. The van der Waals surface area contributed by atoms with Gasteiger partial charge in [-0.05, 0) is 42.3 Å². The van der Waals surface area contributed by atoms with Gasteiger partial charge in [-0.25, -0.2) is 9.97 Å². The maximum absolute atomic E-state index is 13.2. The molecular formula is C24H23ClN4O3S. The summed E-state index contributed by atoms with van der Waals surface area (Å²) in [6.45, 7) is 1.25. The predicted molar refractivity (Wildman–Crippen MR) is 132 cm³/mol. The highest BCUT2D eigenvalue weighted by atomic mass is 35.5. The highest BCUT2D eigenvalue weighted by Crippen LogP contribution is 2.33. The minimum absolute atomic E-state index is 0.161. The lowest BCUT2D eigenvalue weighted by molar-refractivity contribution is -0.114. The number of carbonyl (C=O) groups is 1. The summed E-state index contributed by atoms with van der Waals surface area (Å²) in [6.07, 6.45) is 9.46. The van der Waals surface area contributed by atoms with Gasteiger partial charge in [-0.15, -0.1) is 0 Å². The van der Waals surface area contributed by atoms with E-state index >= 15 is 0 Å². The lowest BCUT2D eigenvalue weighted by Crippen LogP contribution is -2.30. The lowest BCUT2D eigenvalue weighted by atomic mass is 10.2. The van der Waals surface area contributed by atoms with Crippen LogP contribution in [0.15, 0.2) is 61.2 Å². The highest BCUT2D eigenvalue weighted by molar-refractivity contribution is 7.22. The standard InChI is InChI=1S/C24H23ClN4O3S/c1-31-19-9-7-17(15-20(19)32-2)8-10-22(30)29(13-4-12-28-14-11-26-16-28)24-27-23-18(25)5-3-6-21(23)33-24/h3,5-11,14-16H,4,12-13H2,1-2H3/b10-8+. The molecule has 9 heteroatoms. The van der Waals surface area contributed by atoms with E-state index < -0.39 is 0 Å². The molecule has 0 saturated heterocycles. The van der Waals surface area contributed by atoms with Gasteiger partial charge in [0.1, 0.15) is 5.52 Å². The number of aromatic nitrogens is 3. The molecule has 2 heterocycles. The van der Waals surface area contributed by atoms with Crippen LogP contribution in [0.1, 0.15) is 12.0 Å². The van der Waals surface area contributed by atoms with Crippen LogP contribution >= 0.6 is 22.9 Å². The Hall–Kier alpha value is -3.36. The molecular weight excluding hydrogens is 460 g/mol. The summed E-state index contributed by atoms with van der Waals surface area (Å²) in [5.74, 6) is 1.07. The summed E-state index contributed by atoms with van der Waals surface area (Å²) >= 11 is 7.76. The zero-order valence-electron chi connectivity index (χ0n) is 18.3. The van der Waals surface area contributed by atoms with Crippen molar-refractivity contribution in [1.82, 2.24) is 14.5 Å². The summed E-state index contributed by atoms with van der Waals surface area (Å²) in [5.41, 5.74) is 1.53. The minimum Gasteiger partial charge on any atom is -0.493 e. The first kappa shape index (κ1) is 22.8. The van der Waals surface area contributed by atoms with E-state index in [1.165, 1.54) is 11.3 Å². The van der Waals surface area contributed by atoms with Gasteiger partial charge in [0.05, 0.1) is 30.3 Å². The number of hydrogen-bond donors (Lipinski definition) is 0. The molecule has 0 atom stereocenters. The number of imidazole rings is 1. The molecule has 0 N–H and O–H groups in total. The second-order valence-electron chi connectivity index (χ2n) is 7.17. The third kappa shape index (κ3) is 5.35. The van der Waals surface area contributed by atoms with E-state index in [-0.39, 0.29) is 5.91 Å². The molecule has 0 bridgehead atoms. The van der Waals surface area contributed by atoms with Crippen LogP contribution in [0.4, 0.5) is 5.13 Å². The van der Waals surface area contributed by atoms with E-state index in [1.807, 2.05) is 35.0 Å². The molecule has 4 aromatic rings. The second-order valence-corrected chi connectivity index (χ2v) is 8.59. The lowest BCUT2D eigenvalue weighted by Gasteiger charge is -2.18. The van der Waals surface area contributed by atoms with Crippen molar-refractivity contribution in [3.8, 4) is 11.5 Å². The van der Waals surface area contributed by atoms with Crippen molar-refractivity contribution in [3.05, 3.63) is 71.8 Å². The molecule has 2 aromatic carbocycles. The molecule has 0 aliphatic carbocycles. The van der Waals surface area contributed by atoms with Gasteiger partial charge >= 0.3 is 0 Å². The van der Waals surface area contributed by atoms with E-state index in [9.17, 15) is 4.79 Å². The van der Waals surface area contributed by atoms with Crippen molar-refractivity contribution in [1.29, 1.82) is 0 Å². The van der Waals surface area contributed by atoms with Crippen LogP contribution in [0.25, 0.3) is 16.3 Å². The zero-order valence-corrected chi connectivity index (χ0v) is 19.8. The molecule has 0 aliphatic rings. The molecule has 2 aromatic heterocycles. The van der Waals surface area contributed by atoms with Gasteiger partial charge in [0, 0.05) is 31.6 Å². The van der Waals surface area contributed by atoms with Gasteiger partial charge in [-0.3, -0.25) is 9.69 Å². The minimum atomic E-state index is -0.161. The number of thiazole rings is 1. The first-order chi connectivity index (χ1) is 16.1. The number of amides is 1. The Morgan fingerprint density at radius 1 is 1.21 bits per heavy atom. The number of nitrogens with zero attached hydrogens (tertiary/aromatic N) is 4. The number of para-hydroxylation sites is 1. The molecule has 0 aliphatic heterocycles. The van der Waals surface area contributed by atoms with Gasteiger partial charge in [-0.1, -0.05) is 35.1 Å².